The van der Waals surface area contributed by atoms with Crippen LogP contribution in [-0.4, -0.2) is 47.6 Å². The first-order chi connectivity index (χ1) is 13.6. The first kappa shape index (κ1) is 17.1. The molecule has 5 rings (SSSR count). The second-order valence-corrected chi connectivity index (χ2v) is 7.36. The number of aromatic nitrogens is 7. The Morgan fingerprint density at radius 1 is 1.25 bits per heavy atom. The van der Waals surface area contributed by atoms with Gasteiger partial charge in [0.2, 0.25) is 5.95 Å². The molecular weight excluding hydrogens is 356 g/mol. The molecule has 2 atom stereocenters. The SMILES string of the molecule is COC1CCC(c2nn(C)c3cnc(Nc4cn5ncnc5cc4C)nc23)C1. The Balaban J connectivity index is 1.51. The Bertz CT molecular complexity index is 1160. The largest absolute Gasteiger partial charge is 0.381 e. The van der Waals surface area contributed by atoms with Gasteiger partial charge in [-0.15, -0.1) is 0 Å². The molecule has 0 spiro atoms. The quantitative estimate of drug-likeness (QED) is 0.583. The molecule has 1 aliphatic carbocycles. The zero-order chi connectivity index (χ0) is 19.3. The van der Waals surface area contributed by atoms with Gasteiger partial charge in [-0.25, -0.2) is 19.5 Å². The van der Waals surface area contributed by atoms with Crippen LogP contribution in [0.15, 0.2) is 24.8 Å². The van der Waals surface area contributed by atoms with Gasteiger partial charge in [0.15, 0.2) is 5.65 Å². The fourth-order valence-corrected chi connectivity index (χ4v) is 4.01. The molecule has 0 amide bonds. The number of hydrogen-bond acceptors (Lipinski definition) is 7. The fourth-order valence-electron chi connectivity index (χ4n) is 4.01. The first-order valence-electron chi connectivity index (χ1n) is 9.42. The molecule has 1 aliphatic rings. The summed E-state index contributed by atoms with van der Waals surface area (Å²) in [5.74, 6) is 0.912. The second kappa shape index (κ2) is 6.52. The summed E-state index contributed by atoms with van der Waals surface area (Å²) in [5.41, 5.74) is 5.62. The number of hydrogen-bond donors (Lipinski definition) is 1. The van der Waals surface area contributed by atoms with E-state index in [1.807, 2.05) is 37.1 Å². The molecule has 0 bridgehead atoms. The Labute approximate surface area is 161 Å². The molecule has 2 unspecified atom stereocenters. The van der Waals surface area contributed by atoms with E-state index in [2.05, 4.69) is 20.4 Å². The second-order valence-electron chi connectivity index (χ2n) is 7.36. The van der Waals surface area contributed by atoms with Crippen LogP contribution in [0.25, 0.3) is 16.7 Å². The molecule has 0 aromatic carbocycles. The summed E-state index contributed by atoms with van der Waals surface area (Å²) in [6.45, 7) is 2.02. The summed E-state index contributed by atoms with van der Waals surface area (Å²) in [7, 11) is 3.72. The molecule has 144 valence electrons. The zero-order valence-corrected chi connectivity index (χ0v) is 16.1. The van der Waals surface area contributed by atoms with Gasteiger partial charge in [-0.2, -0.15) is 10.2 Å². The number of nitrogens with zero attached hydrogens (tertiary/aromatic N) is 7. The minimum absolute atomic E-state index is 0.304. The number of ether oxygens (including phenoxy) is 1. The lowest BCUT2D eigenvalue weighted by molar-refractivity contribution is 0.108. The topological polar surface area (TPSA) is 95.0 Å². The van der Waals surface area contributed by atoms with Crippen molar-refractivity contribution in [3.05, 3.63) is 36.0 Å². The summed E-state index contributed by atoms with van der Waals surface area (Å²) in [4.78, 5) is 13.5. The number of rotatable bonds is 4. The van der Waals surface area contributed by atoms with Crippen LogP contribution in [0.4, 0.5) is 11.6 Å². The molecule has 1 saturated carbocycles. The van der Waals surface area contributed by atoms with Gasteiger partial charge in [0.1, 0.15) is 17.4 Å². The number of pyridine rings is 1. The predicted molar refractivity (Wildman–Crippen MR) is 105 cm³/mol. The highest BCUT2D eigenvalue weighted by Crippen LogP contribution is 2.37. The third-order valence-corrected chi connectivity index (χ3v) is 5.59. The van der Waals surface area contributed by atoms with Gasteiger partial charge in [-0.3, -0.25) is 4.68 Å². The molecule has 0 saturated heterocycles. The van der Waals surface area contributed by atoms with E-state index in [0.29, 0.717) is 18.0 Å². The van der Waals surface area contributed by atoms with Crippen molar-refractivity contribution in [1.82, 2.24) is 34.3 Å². The van der Waals surface area contributed by atoms with Crippen LogP contribution >= 0.6 is 0 Å². The summed E-state index contributed by atoms with van der Waals surface area (Å²) < 4.78 is 9.12. The van der Waals surface area contributed by atoms with E-state index < -0.39 is 0 Å². The fraction of sp³-hybridized carbons (Fsp3) is 0.421. The Hall–Kier alpha value is -3.07. The maximum Gasteiger partial charge on any atom is 0.227 e. The van der Waals surface area contributed by atoms with E-state index in [9.17, 15) is 0 Å². The number of fused-ring (bicyclic) bond motifs is 2. The van der Waals surface area contributed by atoms with Crippen molar-refractivity contribution in [3.8, 4) is 0 Å². The summed E-state index contributed by atoms with van der Waals surface area (Å²) >= 11 is 0. The average molecular weight is 378 g/mol. The van der Waals surface area contributed by atoms with Crippen molar-refractivity contribution in [3.63, 3.8) is 0 Å². The number of aryl methyl sites for hydroxylation is 2. The van der Waals surface area contributed by atoms with E-state index >= 15 is 0 Å². The van der Waals surface area contributed by atoms with Crippen molar-refractivity contribution in [1.29, 1.82) is 0 Å². The maximum atomic E-state index is 5.53. The molecule has 4 heterocycles. The molecule has 28 heavy (non-hydrogen) atoms. The van der Waals surface area contributed by atoms with E-state index in [1.165, 1.54) is 6.33 Å². The van der Waals surface area contributed by atoms with Crippen LogP contribution in [0.5, 0.6) is 0 Å². The summed E-state index contributed by atoms with van der Waals surface area (Å²) in [6, 6.07) is 1.98. The number of anilines is 2. The van der Waals surface area contributed by atoms with Crippen molar-refractivity contribution in [2.45, 2.75) is 38.2 Å². The Kier molecular flexibility index (Phi) is 3.97. The standard InChI is InChI=1S/C19H22N8O/c1-11-6-16-21-10-22-27(16)9-14(11)23-19-20-8-15-18(24-19)17(25-26(15)2)12-4-5-13(7-12)28-3/h6,8-10,12-13H,4-5,7H2,1-3H3,(H,20,23,24). The van der Waals surface area contributed by atoms with Crippen molar-refractivity contribution in [2.24, 2.45) is 7.05 Å². The summed E-state index contributed by atoms with van der Waals surface area (Å²) in [5, 5.41) is 12.3. The molecule has 9 nitrogen and oxygen atoms in total. The maximum absolute atomic E-state index is 5.53. The van der Waals surface area contributed by atoms with Gasteiger partial charge in [0, 0.05) is 20.1 Å². The van der Waals surface area contributed by atoms with E-state index in [0.717, 1.165) is 52.9 Å². The van der Waals surface area contributed by atoms with Crippen LogP contribution in [0.3, 0.4) is 0 Å². The number of nitrogens with one attached hydrogen (secondary N) is 1. The highest BCUT2D eigenvalue weighted by molar-refractivity contribution is 5.79. The zero-order valence-electron chi connectivity index (χ0n) is 16.1. The molecule has 9 heteroatoms. The molecule has 4 aromatic heterocycles. The van der Waals surface area contributed by atoms with Crippen LogP contribution in [0, 0.1) is 6.92 Å². The lowest BCUT2D eigenvalue weighted by Crippen LogP contribution is -2.05. The number of methoxy groups -OCH3 is 1. The predicted octanol–water partition coefficient (Wildman–Crippen LogP) is 2.74. The molecule has 0 radical (unpaired) electrons. The van der Waals surface area contributed by atoms with E-state index in [-0.39, 0.29) is 0 Å². The smallest absolute Gasteiger partial charge is 0.227 e. The van der Waals surface area contributed by atoms with Gasteiger partial charge in [-0.1, -0.05) is 0 Å². The van der Waals surface area contributed by atoms with Gasteiger partial charge in [-0.05, 0) is 37.8 Å². The minimum Gasteiger partial charge on any atom is -0.381 e. The van der Waals surface area contributed by atoms with Crippen LogP contribution in [0.1, 0.15) is 36.4 Å². The van der Waals surface area contributed by atoms with Crippen LogP contribution in [0.2, 0.25) is 0 Å². The molecule has 4 aromatic rings. The molecule has 1 N–H and O–H groups in total. The third kappa shape index (κ3) is 2.78. The lowest BCUT2D eigenvalue weighted by atomic mass is 10.0. The third-order valence-electron chi connectivity index (χ3n) is 5.59. The minimum atomic E-state index is 0.304. The van der Waals surface area contributed by atoms with Crippen LogP contribution < -0.4 is 5.32 Å². The average Bonchev–Trinajstić information content (AvgIpc) is 3.41. The highest BCUT2D eigenvalue weighted by Gasteiger charge is 2.30. The molecule has 0 aliphatic heterocycles. The summed E-state index contributed by atoms with van der Waals surface area (Å²) in [6.07, 6.45) is 8.68. The van der Waals surface area contributed by atoms with Gasteiger partial charge in [0.05, 0.1) is 29.9 Å². The van der Waals surface area contributed by atoms with Crippen molar-refractivity contribution in [2.75, 3.05) is 12.4 Å². The molecular formula is C19H22N8O. The van der Waals surface area contributed by atoms with Crippen LogP contribution in [-0.2, 0) is 11.8 Å². The Morgan fingerprint density at radius 2 is 2.14 bits per heavy atom. The normalized spacial score (nSPS) is 19.7. The first-order valence-corrected chi connectivity index (χ1v) is 9.42. The van der Waals surface area contributed by atoms with Crippen molar-refractivity contribution < 1.29 is 4.74 Å². The highest BCUT2D eigenvalue weighted by atomic mass is 16.5. The lowest BCUT2D eigenvalue weighted by Gasteiger charge is -2.10. The van der Waals surface area contributed by atoms with E-state index in [1.54, 1.807) is 11.6 Å². The molecule has 1 fully saturated rings. The van der Waals surface area contributed by atoms with Gasteiger partial charge >= 0.3 is 0 Å². The van der Waals surface area contributed by atoms with E-state index in [4.69, 9.17) is 14.8 Å². The van der Waals surface area contributed by atoms with Crippen molar-refractivity contribution >= 4 is 28.3 Å². The Morgan fingerprint density at radius 3 is 2.96 bits per heavy atom. The van der Waals surface area contributed by atoms with Gasteiger partial charge in [0.25, 0.3) is 0 Å². The van der Waals surface area contributed by atoms with Gasteiger partial charge < -0.3 is 10.1 Å². The monoisotopic (exact) mass is 378 g/mol.